The van der Waals surface area contributed by atoms with Crippen LogP contribution in [0.5, 0.6) is 17.2 Å². The fourth-order valence-electron chi connectivity index (χ4n) is 3.32. The summed E-state index contributed by atoms with van der Waals surface area (Å²) < 4.78 is 16.0. The number of hydrogen-bond donors (Lipinski definition) is 2. The van der Waals surface area contributed by atoms with Crippen LogP contribution < -0.4 is 14.2 Å². The summed E-state index contributed by atoms with van der Waals surface area (Å²) in [5.41, 5.74) is 1.37. The first kappa shape index (κ1) is 20.7. The second-order valence-corrected chi connectivity index (χ2v) is 6.33. The van der Waals surface area contributed by atoms with Gasteiger partial charge in [-0.1, -0.05) is 30.4 Å². The molecule has 0 saturated carbocycles. The van der Waals surface area contributed by atoms with Crippen molar-refractivity contribution in [1.29, 1.82) is 0 Å². The van der Waals surface area contributed by atoms with Crippen molar-refractivity contribution in [2.45, 2.75) is 0 Å². The Labute approximate surface area is 172 Å². The van der Waals surface area contributed by atoms with Crippen LogP contribution in [0.25, 0.3) is 22.9 Å². The molecule has 3 aromatic carbocycles. The van der Waals surface area contributed by atoms with Crippen molar-refractivity contribution < 1.29 is 34.0 Å². The number of ether oxygens (including phenoxy) is 3. The fourth-order valence-corrected chi connectivity index (χ4v) is 3.32. The van der Waals surface area contributed by atoms with Crippen LogP contribution in [-0.4, -0.2) is 43.5 Å². The first-order chi connectivity index (χ1) is 14.4. The van der Waals surface area contributed by atoms with E-state index >= 15 is 0 Å². The van der Waals surface area contributed by atoms with Crippen LogP contribution >= 0.6 is 0 Å². The molecule has 2 N–H and O–H groups in total. The summed E-state index contributed by atoms with van der Waals surface area (Å²) in [4.78, 5) is 23.3. The van der Waals surface area contributed by atoms with Crippen LogP contribution in [0, 0.1) is 0 Å². The molecule has 0 radical (unpaired) electrons. The number of methoxy groups -OCH3 is 3. The summed E-state index contributed by atoms with van der Waals surface area (Å²) in [5, 5.41) is 19.8. The first-order valence-electron chi connectivity index (χ1n) is 8.91. The first-order valence-corrected chi connectivity index (χ1v) is 8.91. The van der Waals surface area contributed by atoms with E-state index in [2.05, 4.69) is 0 Å². The highest BCUT2D eigenvalue weighted by Crippen LogP contribution is 2.39. The number of carboxylic acid groups (broad SMARTS) is 2. The Hall–Kier alpha value is -4.00. The van der Waals surface area contributed by atoms with Crippen molar-refractivity contribution in [2.24, 2.45) is 0 Å². The zero-order chi connectivity index (χ0) is 21.8. The molecule has 30 heavy (non-hydrogen) atoms. The van der Waals surface area contributed by atoms with Gasteiger partial charge in [-0.15, -0.1) is 0 Å². The van der Waals surface area contributed by atoms with E-state index in [0.29, 0.717) is 33.6 Å². The monoisotopic (exact) mass is 408 g/mol. The van der Waals surface area contributed by atoms with Gasteiger partial charge >= 0.3 is 11.9 Å². The summed E-state index contributed by atoms with van der Waals surface area (Å²) >= 11 is 0. The van der Waals surface area contributed by atoms with Gasteiger partial charge in [0.1, 0.15) is 0 Å². The Balaban J connectivity index is 2.19. The molecule has 0 fully saturated rings. The minimum absolute atomic E-state index is 0.0279. The maximum absolute atomic E-state index is 11.7. The van der Waals surface area contributed by atoms with Crippen molar-refractivity contribution in [2.75, 3.05) is 21.3 Å². The van der Waals surface area contributed by atoms with Crippen LogP contribution in [-0.2, 0) is 0 Å². The lowest BCUT2D eigenvalue weighted by Crippen LogP contribution is -2.04. The molecule has 3 rings (SSSR count). The highest BCUT2D eigenvalue weighted by molar-refractivity contribution is 6.13. The number of carboxylic acids is 2. The summed E-state index contributed by atoms with van der Waals surface area (Å²) in [6, 6.07) is 11.1. The molecule has 7 nitrogen and oxygen atoms in total. The third-order valence-electron chi connectivity index (χ3n) is 4.68. The van der Waals surface area contributed by atoms with E-state index in [4.69, 9.17) is 14.2 Å². The highest BCUT2D eigenvalue weighted by atomic mass is 16.5. The van der Waals surface area contributed by atoms with Crippen LogP contribution in [0.1, 0.15) is 31.8 Å². The van der Waals surface area contributed by atoms with Crippen molar-refractivity contribution in [3.8, 4) is 17.2 Å². The molecule has 0 bridgehead atoms. The average Bonchev–Trinajstić information content (AvgIpc) is 2.75. The maximum Gasteiger partial charge on any atom is 0.336 e. The second kappa shape index (κ2) is 8.57. The Bertz CT molecular complexity index is 1140. The van der Waals surface area contributed by atoms with Gasteiger partial charge in [-0.25, -0.2) is 9.59 Å². The standard InChI is InChI=1S/C23H20O7/c1-28-18-11-13(12-19(29-2)21(18)30-3)7-8-14-5-4-6-15-16(22(24)25)9-10-17(20(14)15)23(26)27/h4-12H,1-3H3,(H,24,25)(H,26,27). The number of hydrogen-bond acceptors (Lipinski definition) is 5. The van der Waals surface area contributed by atoms with E-state index in [0.717, 1.165) is 5.56 Å². The number of aromatic carboxylic acids is 2. The molecule has 0 unspecified atom stereocenters. The van der Waals surface area contributed by atoms with Crippen molar-refractivity contribution in [1.82, 2.24) is 0 Å². The normalized spacial score (nSPS) is 10.9. The highest BCUT2D eigenvalue weighted by Gasteiger charge is 2.17. The molecule has 154 valence electrons. The van der Waals surface area contributed by atoms with Gasteiger partial charge in [-0.05, 0) is 40.8 Å². The largest absolute Gasteiger partial charge is 0.493 e. The molecule has 3 aromatic rings. The van der Waals surface area contributed by atoms with Crippen LogP contribution in [0.4, 0.5) is 0 Å². The zero-order valence-electron chi connectivity index (χ0n) is 16.6. The molecule has 0 aliphatic rings. The summed E-state index contributed by atoms with van der Waals surface area (Å²) in [5.74, 6) is -0.836. The summed E-state index contributed by atoms with van der Waals surface area (Å²) in [6.07, 6.45) is 3.49. The van der Waals surface area contributed by atoms with Gasteiger partial charge in [0.25, 0.3) is 0 Å². The van der Waals surface area contributed by atoms with Gasteiger partial charge in [-0.2, -0.15) is 0 Å². The second-order valence-electron chi connectivity index (χ2n) is 6.33. The van der Waals surface area contributed by atoms with E-state index in [9.17, 15) is 19.8 Å². The van der Waals surface area contributed by atoms with Crippen molar-refractivity contribution in [3.63, 3.8) is 0 Å². The van der Waals surface area contributed by atoms with Gasteiger partial charge in [0.15, 0.2) is 11.5 Å². The van der Waals surface area contributed by atoms with Gasteiger partial charge in [0.2, 0.25) is 5.75 Å². The quantitative estimate of drug-likeness (QED) is 0.558. The molecule has 0 aromatic heterocycles. The minimum Gasteiger partial charge on any atom is -0.493 e. The van der Waals surface area contributed by atoms with E-state index in [1.807, 2.05) is 0 Å². The molecular weight excluding hydrogens is 388 g/mol. The Morgan fingerprint density at radius 2 is 1.40 bits per heavy atom. The molecule has 0 amide bonds. The molecule has 0 atom stereocenters. The van der Waals surface area contributed by atoms with Gasteiger partial charge < -0.3 is 24.4 Å². The molecule has 0 aliphatic heterocycles. The van der Waals surface area contributed by atoms with E-state index < -0.39 is 11.9 Å². The smallest absolute Gasteiger partial charge is 0.336 e. The van der Waals surface area contributed by atoms with Gasteiger partial charge in [0.05, 0.1) is 32.5 Å². The third-order valence-corrected chi connectivity index (χ3v) is 4.68. The lowest BCUT2D eigenvalue weighted by molar-refractivity contribution is 0.0684. The average molecular weight is 408 g/mol. The summed E-state index contributed by atoms with van der Waals surface area (Å²) in [6.45, 7) is 0. The summed E-state index contributed by atoms with van der Waals surface area (Å²) in [7, 11) is 4.55. The lowest BCUT2D eigenvalue weighted by Gasteiger charge is -2.13. The number of rotatable bonds is 7. The SMILES string of the molecule is COc1cc(C=Cc2cccc3c(C(=O)O)ccc(C(=O)O)c23)cc(OC)c1OC. The lowest BCUT2D eigenvalue weighted by atomic mass is 9.94. The van der Waals surface area contributed by atoms with E-state index in [-0.39, 0.29) is 11.1 Å². The maximum atomic E-state index is 11.7. The van der Waals surface area contributed by atoms with Crippen molar-refractivity contribution in [3.05, 3.63) is 64.7 Å². The molecule has 0 spiro atoms. The van der Waals surface area contributed by atoms with Crippen LogP contribution in [0.3, 0.4) is 0 Å². The Morgan fingerprint density at radius 3 is 1.93 bits per heavy atom. The van der Waals surface area contributed by atoms with E-state index in [1.54, 1.807) is 42.5 Å². The van der Waals surface area contributed by atoms with Crippen LogP contribution in [0.2, 0.25) is 0 Å². The molecule has 0 saturated heterocycles. The Morgan fingerprint density at radius 1 is 0.800 bits per heavy atom. The predicted octanol–water partition coefficient (Wildman–Crippen LogP) is 4.43. The van der Waals surface area contributed by atoms with Crippen molar-refractivity contribution >= 4 is 34.9 Å². The minimum atomic E-state index is -1.13. The van der Waals surface area contributed by atoms with E-state index in [1.165, 1.54) is 33.5 Å². The fraction of sp³-hybridized carbons (Fsp3) is 0.130. The molecule has 0 aliphatic carbocycles. The zero-order valence-corrected chi connectivity index (χ0v) is 16.6. The topological polar surface area (TPSA) is 102 Å². The number of carbonyl (C=O) groups is 2. The number of benzene rings is 3. The molecular formula is C23H20O7. The third kappa shape index (κ3) is 3.77. The molecule has 0 heterocycles. The molecule has 7 heteroatoms. The predicted molar refractivity (Wildman–Crippen MR) is 113 cm³/mol. The van der Waals surface area contributed by atoms with Gasteiger partial charge in [0, 0.05) is 5.39 Å². The van der Waals surface area contributed by atoms with Crippen LogP contribution in [0.15, 0.2) is 42.5 Å². The van der Waals surface area contributed by atoms with Gasteiger partial charge in [-0.3, -0.25) is 0 Å². The Kier molecular flexibility index (Phi) is 5.92. The number of fused-ring (bicyclic) bond motifs is 1.